The largest absolute Gasteiger partial charge is 0.381 e. The van der Waals surface area contributed by atoms with Gasteiger partial charge in [0.15, 0.2) is 0 Å². The van der Waals surface area contributed by atoms with E-state index in [0.717, 1.165) is 29.6 Å². The zero-order chi connectivity index (χ0) is 16.4. The van der Waals surface area contributed by atoms with E-state index < -0.39 is 0 Å². The molecule has 6 unspecified atom stereocenters. The highest BCUT2D eigenvalue weighted by Crippen LogP contribution is 2.48. The fraction of sp³-hybridized carbons (Fsp3) is 0.900. The third-order valence-corrected chi connectivity index (χ3v) is 5.76. The van der Waals surface area contributed by atoms with Crippen LogP contribution in [-0.4, -0.2) is 13.2 Å². The van der Waals surface area contributed by atoms with Gasteiger partial charge in [0.2, 0.25) is 0 Å². The molecule has 6 atom stereocenters. The molecule has 0 N–H and O–H groups in total. The molecule has 0 heterocycles. The van der Waals surface area contributed by atoms with Gasteiger partial charge in [0.25, 0.3) is 0 Å². The van der Waals surface area contributed by atoms with Crippen molar-refractivity contribution in [2.75, 3.05) is 7.11 Å². The summed E-state index contributed by atoms with van der Waals surface area (Å²) in [5.74, 6) is 4.66. The van der Waals surface area contributed by atoms with Crippen molar-refractivity contribution in [1.82, 2.24) is 0 Å². The summed E-state index contributed by atoms with van der Waals surface area (Å²) in [5.41, 5.74) is 0. The van der Waals surface area contributed by atoms with Gasteiger partial charge in [-0.1, -0.05) is 47.0 Å². The molecule has 124 valence electrons. The van der Waals surface area contributed by atoms with Crippen LogP contribution in [0.15, 0.2) is 0 Å². The first-order valence-corrected chi connectivity index (χ1v) is 8.99. The first-order valence-electron chi connectivity index (χ1n) is 8.99. The standard InChI is InChI=1S/C16H30O.C2H6.C2H2/c1-11-8-9-14-6-5-7-15(16(14)10-11)12(2)13(3)17-4;2*1-2/h11-16H,5-10H2,1-4H3;1-2H3;1-2H. The summed E-state index contributed by atoms with van der Waals surface area (Å²) in [6.07, 6.45) is 17.3. The van der Waals surface area contributed by atoms with Gasteiger partial charge < -0.3 is 4.74 Å². The van der Waals surface area contributed by atoms with Crippen molar-refractivity contribution in [3.05, 3.63) is 0 Å². The number of methoxy groups -OCH3 is 1. The molecule has 0 spiro atoms. The maximum absolute atomic E-state index is 5.57. The normalized spacial score (nSPS) is 34.1. The Balaban J connectivity index is 0.000000921. The van der Waals surface area contributed by atoms with Crippen LogP contribution in [0.4, 0.5) is 0 Å². The second-order valence-electron chi connectivity index (χ2n) is 6.74. The molecular weight excluding hydrogens is 256 g/mol. The van der Waals surface area contributed by atoms with E-state index in [4.69, 9.17) is 4.74 Å². The first-order chi connectivity index (χ1) is 10.1. The lowest BCUT2D eigenvalue weighted by molar-refractivity contribution is -0.0135. The van der Waals surface area contributed by atoms with Crippen LogP contribution in [0.1, 0.15) is 73.1 Å². The molecule has 2 saturated carbocycles. The number of rotatable bonds is 3. The van der Waals surface area contributed by atoms with Crippen molar-refractivity contribution in [2.24, 2.45) is 29.6 Å². The van der Waals surface area contributed by atoms with E-state index in [0.29, 0.717) is 6.10 Å². The van der Waals surface area contributed by atoms with Gasteiger partial charge >= 0.3 is 0 Å². The van der Waals surface area contributed by atoms with E-state index in [1.54, 1.807) is 0 Å². The summed E-state index contributed by atoms with van der Waals surface area (Å²) in [4.78, 5) is 0. The molecule has 0 bridgehead atoms. The Kier molecular flexibility index (Phi) is 10.9. The molecule has 21 heavy (non-hydrogen) atoms. The summed E-state index contributed by atoms with van der Waals surface area (Å²) < 4.78 is 5.57. The SMILES string of the molecule is C#C.CC.COC(C)C(C)C1CCCC2CCC(C)CC21. The third-order valence-electron chi connectivity index (χ3n) is 5.76. The summed E-state index contributed by atoms with van der Waals surface area (Å²) >= 11 is 0. The first kappa shape index (κ1) is 20.5. The van der Waals surface area contributed by atoms with Crippen molar-refractivity contribution in [1.29, 1.82) is 0 Å². The molecule has 0 saturated heterocycles. The molecule has 1 nitrogen and oxygen atoms in total. The van der Waals surface area contributed by atoms with Gasteiger partial charge in [-0.05, 0) is 55.8 Å². The van der Waals surface area contributed by atoms with Gasteiger partial charge in [0.05, 0.1) is 6.10 Å². The molecule has 2 fully saturated rings. The van der Waals surface area contributed by atoms with E-state index >= 15 is 0 Å². The van der Waals surface area contributed by atoms with Crippen LogP contribution < -0.4 is 0 Å². The minimum atomic E-state index is 0.427. The molecule has 0 aromatic carbocycles. The van der Waals surface area contributed by atoms with Crippen molar-refractivity contribution < 1.29 is 4.74 Å². The quantitative estimate of drug-likeness (QED) is 0.599. The highest BCUT2D eigenvalue weighted by Gasteiger charge is 2.40. The van der Waals surface area contributed by atoms with Gasteiger partial charge in [-0.2, -0.15) is 0 Å². The van der Waals surface area contributed by atoms with Gasteiger partial charge in [-0.25, -0.2) is 0 Å². The summed E-state index contributed by atoms with van der Waals surface area (Å²) in [6.45, 7) is 11.1. The van der Waals surface area contributed by atoms with Crippen LogP contribution in [-0.2, 0) is 4.74 Å². The Morgan fingerprint density at radius 2 is 1.62 bits per heavy atom. The molecule has 0 radical (unpaired) electrons. The van der Waals surface area contributed by atoms with Crippen molar-refractivity contribution in [2.45, 2.75) is 79.2 Å². The van der Waals surface area contributed by atoms with Crippen molar-refractivity contribution in [3.8, 4) is 12.8 Å². The smallest absolute Gasteiger partial charge is 0.0571 e. The molecule has 2 aliphatic carbocycles. The van der Waals surface area contributed by atoms with Crippen LogP contribution in [0.25, 0.3) is 0 Å². The molecule has 0 aromatic heterocycles. The molecule has 2 rings (SSSR count). The molecule has 0 aliphatic heterocycles. The van der Waals surface area contributed by atoms with E-state index in [2.05, 4.69) is 33.6 Å². The topological polar surface area (TPSA) is 9.23 Å². The number of hydrogen-bond acceptors (Lipinski definition) is 1. The second kappa shape index (κ2) is 11.1. The Morgan fingerprint density at radius 1 is 1.00 bits per heavy atom. The third kappa shape index (κ3) is 5.67. The molecular formula is C20H38O. The van der Waals surface area contributed by atoms with Gasteiger partial charge in [-0.15, -0.1) is 12.8 Å². The predicted molar refractivity (Wildman–Crippen MR) is 94.2 cm³/mol. The van der Waals surface area contributed by atoms with Gasteiger partial charge in [0, 0.05) is 7.11 Å². The number of fused-ring (bicyclic) bond motifs is 1. The lowest BCUT2D eigenvalue weighted by Crippen LogP contribution is -2.39. The summed E-state index contributed by atoms with van der Waals surface area (Å²) in [6, 6.07) is 0. The van der Waals surface area contributed by atoms with Crippen LogP contribution in [0, 0.1) is 42.4 Å². The van der Waals surface area contributed by atoms with Crippen molar-refractivity contribution in [3.63, 3.8) is 0 Å². The van der Waals surface area contributed by atoms with Crippen LogP contribution in [0.2, 0.25) is 0 Å². The Morgan fingerprint density at radius 3 is 2.19 bits per heavy atom. The highest BCUT2D eigenvalue weighted by molar-refractivity contribution is 4.90. The summed E-state index contributed by atoms with van der Waals surface area (Å²) in [7, 11) is 1.87. The van der Waals surface area contributed by atoms with Crippen molar-refractivity contribution >= 4 is 0 Å². The van der Waals surface area contributed by atoms with Crippen LogP contribution in [0.5, 0.6) is 0 Å². The van der Waals surface area contributed by atoms with E-state index in [1.165, 1.54) is 38.5 Å². The van der Waals surface area contributed by atoms with Gasteiger partial charge in [-0.3, -0.25) is 0 Å². The number of terminal acetylenes is 1. The monoisotopic (exact) mass is 294 g/mol. The minimum Gasteiger partial charge on any atom is -0.381 e. The van der Waals surface area contributed by atoms with E-state index in [1.807, 2.05) is 21.0 Å². The van der Waals surface area contributed by atoms with Crippen LogP contribution in [0.3, 0.4) is 0 Å². The maximum atomic E-state index is 5.57. The predicted octanol–water partition coefficient (Wildman–Crippen LogP) is 5.79. The molecule has 0 aromatic rings. The Labute approximate surface area is 134 Å². The number of hydrogen-bond donors (Lipinski definition) is 0. The second-order valence-corrected chi connectivity index (χ2v) is 6.74. The lowest BCUT2D eigenvalue weighted by atomic mass is 9.60. The Bertz CT molecular complexity index is 270. The molecule has 0 amide bonds. The average Bonchev–Trinajstić information content (AvgIpc) is 2.56. The molecule has 1 heteroatoms. The molecule has 2 aliphatic rings. The van der Waals surface area contributed by atoms with Gasteiger partial charge in [0.1, 0.15) is 0 Å². The Hall–Kier alpha value is -0.480. The van der Waals surface area contributed by atoms with E-state index in [9.17, 15) is 0 Å². The minimum absolute atomic E-state index is 0.427. The fourth-order valence-electron chi connectivity index (χ4n) is 4.42. The highest BCUT2D eigenvalue weighted by atomic mass is 16.5. The average molecular weight is 295 g/mol. The fourth-order valence-corrected chi connectivity index (χ4v) is 4.42. The van der Waals surface area contributed by atoms with E-state index in [-0.39, 0.29) is 0 Å². The zero-order valence-electron chi connectivity index (χ0n) is 15.3. The lowest BCUT2D eigenvalue weighted by Gasteiger charge is -2.46. The zero-order valence-corrected chi connectivity index (χ0v) is 15.3. The van der Waals surface area contributed by atoms with Crippen LogP contribution >= 0.6 is 0 Å². The maximum Gasteiger partial charge on any atom is 0.0571 e. The number of ether oxygens (including phenoxy) is 1. The summed E-state index contributed by atoms with van der Waals surface area (Å²) in [5, 5.41) is 0.